The Hall–Kier alpha value is -3.87. The van der Waals surface area contributed by atoms with Crippen molar-refractivity contribution in [3.63, 3.8) is 0 Å². The number of methoxy groups -OCH3 is 1. The van der Waals surface area contributed by atoms with Gasteiger partial charge < -0.3 is 14.8 Å². The number of ether oxygens (including phenoxy) is 2. The normalized spacial score (nSPS) is 14.0. The number of rotatable bonds is 6. The summed E-state index contributed by atoms with van der Waals surface area (Å²) in [5.41, 5.74) is 6.03. The number of aryl methyl sites for hydroxylation is 1. The van der Waals surface area contributed by atoms with E-state index in [9.17, 15) is 14.5 Å². The number of nitro benzene ring substituents is 1. The first kappa shape index (κ1) is 23.3. The summed E-state index contributed by atoms with van der Waals surface area (Å²) in [6.45, 7) is 8.25. The third-order valence-corrected chi connectivity index (χ3v) is 5.95. The van der Waals surface area contributed by atoms with Gasteiger partial charge in [-0.25, -0.2) is 4.39 Å². The number of nitrogens with one attached hydrogen (secondary N) is 1. The van der Waals surface area contributed by atoms with E-state index in [4.69, 9.17) is 9.47 Å². The second-order valence-electron chi connectivity index (χ2n) is 9.03. The molecule has 0 unspecified atom stereocenters. The van der Waals surface area contributed by atoms with Crippen molar-refractivity contribution in [1.29, 1.82) is 0 Å². The molecule has 0 bridgehead atoms. The molecule has 1 N–H and O–H groups in total. The van der Waals surface area contributed by atoms with Crippen molar-refractivity contribution in [1.82, 2.24) is 0 Å². The largest absolute Gasteiger partial charge is 0.496 e. The van der Waals surface area contributed by atoms with E-state index in [1.807, 2.05) is 19.1 Å². The lowest BCUT2D eigenvalue weighted by atomic mass is 9.85. The van der Waals surface area contributed by atoms with E-state index in [-0.39, 0.29) is 23.7 Å². The van der Waals surface area contributed by atoms with Crippen LogP contribution in [0, 0.1) is 22.9 Å². The Kier molecular flexibility index (Phi) is 6.04. The zero-order valence-electron chi connectivity index (χ0n) is 19.9. The quantitative estimate of drug-likeness (QED) is 0.318. The van der Waals surface area contributed by atoms with Crippen LogP contribution in [0.25, 0.3) is 16.7 Å². The Labute approximate surface area is 198 Å². The number of hydrogen-bond acceptors (Lipinski definition) is 5. The van der Waals surface area contributed by atoms with Crippen LogP contribution < -0.4 is 14.8 Å². The smallest absolute Gasteiger partial charge is 0.273 e. The number of allylic oxidation sites excluding steroid dienone is 1. The highest BCUT2D eigenvalue weighted by atomic mass is 19.1. The summed E-state index contributed by atoms with van der Waals surface area (Å²) in [6.07, 6.45) is 2.16. The average molecular weight is 463 g/mol. The second kappa shape index (κ2) is 8.82. The Bertz CT molecular complexity index is 1310. The van der Waals surface area contributed by atoms with Crippen LogP contribution in [0.5, 0.6) is 11.5 Å². The molecular weight excluding hydrogens is 435 g/mol. The van der Waals surface area contributed by atoms with E-state index < -0.39 is 4.92 Å². The predicted molar refractivity (Wildman–Crippen MR) is 132 cm³/mol. The molecule has 3 aromatic carbocycles. The molecule has 0 spiro atoms. The summed E-state index contributed by atoms with van der Waals surface area (Å²) in [6, 6.07) is 13.0. The zero-order chi connectivity index (χ0) is 24.6. The van der Waals surface area contributed by atoms with Gasteiger partial charge in [0.15, 0.2) is 0 Å². The number of hydrogen-bond donors (Lipinski definition) is 1. The molecule has 1 aliphatic rings. The monoisotopic (exact) mass is 462 g/mol. The summed E-state index contributed by atoms with van der Waals surface area (Å²) in [5.74, 6) is 0.469. The lowest BCUT2D eigenvalue weighted by molar-refractivity contribution is -0.385. The number of anilines is 1. The van der Waals surface area contributed by atoms with Gasteiger partial charge in [-0.3, -0.25) is 10.1 Å². The van der Waals surface area contributed by atoms with Crippen molar-refractivity contribution >= 4 is 16.9 Å². The summed E-state index contributed by atoms with van der Waals surface area (Å²) in [4.78, 5) is 10.8. The summed E-state index contributed by atoms with van der Waals surface area (Å²) < 4.78 is 25.6. The number of fused-ring (bicyclic) bond motifs is 1. The highest BCUT2D eigenvalue weighted by Gasteiger charge is 2.27. The van der Waals surface area contributed by atoms with E-state index >= 15 is 0 Å². The fourth-order valence-corrected chi connectivity index (χ4v) is 4.50. The van der Waals surface area contributed by atoms with Crippen molar-refractivity contribution in [2.45, 2.75) is 39.8 Å². The molecule has 1 aliphatic heterocycles. The van der Waals surface area contributed by atoms with Crippen LogP contribution in [0.2, 0.25) is 0 Å². The molecule has 0 amide bonds. The van der Waals surface area contributed by atoms with Crippen LogP contribution in [0.15, 0.2) is 54.6 Å². The number of halogens is 1. The van der Waals surface area contributed by atoms with Crippen LogP contribution in [0.1, 0.15) is 37.5 Å². The van der Waals surface area contributed by atoms with Gasteiger partial charge in [0, 0.05) is 34.5 Å². The molecule has 3 aromatic rings. The van der Waals surface area contributed by atoms with Gasteiger partial charge in [0.05, 0.1) is 23.6 Å². The number of nitrogens with zero attached hydrogens (tertiary/aromatic N) is 1. The molecular formula is C27H27FN2O4. The molecule has 1 heterocycles. The first-order valence-corrected chi connectivity index (χ1v) is 11.0. The highest BCUT2D eigenvalue weighted by Crippen LogP contribution is 2.43. The minimum atomic E-state index is -0.440. The van der Waals surface area contributed by atoms with Crippen LogP contribution in [0.4, 0.5) is 15.8 Å². The topological polar surface area (TPSA) is 73.6 Å². The van der Waals surface area contributed by atoms with E-state index in [2.05, 4.69) is 32.2 Å². The molecule has 6 nitrogen and oxygen atoms in total. The second-order valence-corrected chi connectivity index (χ2v) is 9.03. The van der Waals surface area contributed by atoms with Crippen LogP contribution >= 0.6 is 0 Å². The van der Waals surface area contributed by atoms with Crippen molar-refractivity contribution in [3.05, 3.63) is 87.2 Å². The lowest BCUT2D eigenvalue weighted by Crippen LogP contribution is -2.32. The Morgan fingerprint density at radius 2 is 1.76 bits per heavy atom. The van der Waals surface area contributed by atoms with Crippen LogP contribution in [0.3, 0.4) is 0 Å². The Morgan fingerprint density at radius 3 is 2.47 bits per heavy atom. The van der Waals surface area contributed by atoms with Crippen LogP contribution in [-0.4, -0.2) is 17.6 Å². The standard InChI is InChI=1S/C27H27FN2O4/c1-16-6-8-19(30(31)32)13-24(16)34-15-22-20(21-9-7-18(28)12-25(21)33-5)10-11-23-26(22)17(2)14-27(3,4)29-23/h6-14,29H,15H2,1-5H3. The maximum absolute atomic E-state index is 13.9. The first-order valence-electron chi connectivity index (χ1n) is 11.0. The zero-order valence-corrected chi connectivity index (χ0v) is 19.9. The maximum atomic E-state index is 13.9. The molecule has 0 aromatic heterocycles. The van der Waals surface area contributed by atoms with Crippen molar-refractivity contribution in [2.75, 3.05) is 12.4 Å². The van der Waals surface area contributed by atoms with Gasteiger partial charge in [0.2, 0.25) is 0 Å². The Morgan fingerprint density at radius 1 is 1.03 bits per heavy atom. The van der Waals surface area contributed by atoms with Crippen molar-refractivity contribution in [3.8, 4) is 22.6 Å². The minimum absolute atomic E-state index is 0.0318. The van der Waals surface area contributed by atoms with E-state index in [0.29, 0.717) is 11.5 Å². The van der Waals surface area contributed by atoms with Crippen LogP contribution in [-0.2, 0) is 6.61 Å². The van der Waals surface area contributed by atoms with Gasteiger partial charge in [-0.05, 0) is 68.7 Å². The minimum Gasteiger partial charge on any atom is -0.496 e. The van der Waals surface area contributed by atoms with E-state index in [0.717, 1.165) is 39.1 Å². The molecule has 7 heteroatoms. The molecule has 0 fully saturated rings. The number of nitro groups is 1. The third-order valence-electron chi connectivity index (χ3n) is 5.95. The third kappa shape index (κ3) is 4.46. The van der Waals surface area contributed by atoms with Gasteiger partial charge in [-0.1, -0.05) is 12.1 Å². The molecule has 176 valence electrons. The summed E-state index contributed by atoms with van der Waals surface area (Å²) >= 11 is 0. The average Bonchev–Trinajstić information content (AvgIpc) is 2.77. The molecule has 0 saturated carbocycles. The lowest BCUT2D eigenvalue weighted by Gasteiger charge is -2.33. The molecule has 0 radical (unpaired) electrons. The summed E-state index contributed by atoms with van der Waals surface area (Å²) in [5, 5.41) is 14.8. The van der Waals surface area contributed by atoms with Gasteiger partial charge in [0.25, 0.3) is 5.69 Å². The maximum Gasteiger partial charge on any atom is 0.273 e. The molecule has 0 atom stereocenters. The van der Waals surface area contributed by atoms with Gasteiger partial charge in [-0.15, -0.1) is 0 Å². The SMILES string of the molecule is COc1cc(F)ccc1-c1ccc2c(c1COc1cc([N+](=O)[O-])ccc1C)C(C)=CC(C)(C)N2. The predicted octanol–water partition coefficient (Wildman–Crippen LogP) is 6.90. The molecule has 34 heavy (non-hydrogen) atoms. The number of benzene rings is 3. The fourth-order valence-electron chi connectivity index (χ4n) is 4.50. The van der Waals surface area contributed by atoms with Gasteiger partial charge in [-0.2, -0.15) is 0 Å². The van der Waals surface area contributed by atoms with E-state index in [1.165, 1.54) is 31.4 Å². The Balaban J connectivity index is 1.86. The van der Waals surface area contributed by atoms with Gasteiger partial charge in [0.1, 0.15) is 23.9 Å². The van der Waals surface area contributed by atoms with E-state index in [1.54, 1.807) is 12.1 Å². The van der Waals surface area contributed by atoms with Crippen molar-refractivity contribution < 1.29 is 18.8 Å². The number of non-ortho nitro benzene ring substituents is 1. The molecule has 0 saturated heterocycles. The van der Waals surface area contributed by atoms with Crippen molar-refractivity contribution in [2.24, 2.45) is 0 Å². The fraction of sp³-hybridized carbons (Fsp3) is 0.259. The molecule has 0 aliphatic carbocycles. The molecule has 4 rings (SSSR count). The highest BCUT2D eigenvalue weighted by molar-refractivity contribution is 5.88. The van der Waals surface area contributed by atoms with Gasteiger partial charge >= 0.3 is 0 Å². The summed E-state index contributed by atoms with van der Waals surface area (Å²) in [7, 11) is 1.51. The first-order chi connectivity index (χ1) is 16.1.